The molecule has 152 valence electrons. The van der Waals surface area contributed by atoms with Gasteiger partial charge in [0, 0.05) is 18.2 Å². The second-order valence-electron chi connectivity index (χ2n) is 6.68. The second kappa shape index (κ2) is 8.65. The number of amides is 1. The Balaban J connectivity index is 1.61. The minimum Gasteiger partial charge on any atom is -0.497 e. The average molecular weight is 406 g/mol. The van der Waals surface area contributed by atoms with E-state index in [9.17, 15) is 9.18 Å². The Bertz CT molecular complexity index is 1120. The van der Waals surface area contributed by atoms with E-state index in [-0.39, 0.29) is 24.8 Å². The average Bonchev–Trinajstić information content (AvgIpc) is 3.46. The van der Waals surface area contributed by atoms with Gasteiger partial charge in [-0.15, -0.1) is 0 Å². The first-order valence-corrected chi connectivity index (χ1v) is 9.29. The molecule has 0 aliphatic rings. The number of furan rings is 1. The maximum atomic E-state index is 13.3. The summed E-state index contributed by atoms with van der Waals surface area (Å²) >= 11 is 0. The van der Waals surface area contributed by atoms with Crippen molar-refractivity contribution in [3.63, 3.8) is 0 Å². The summed E-state index contributed by atoms with van der Waals surface area (Å²) in [5.41, 5.74) is 1.84. The van der Waals surface area contributed by atoms with E-state index in [0.29, 0.717) is 28.5 Å². The Morgan fingerprint density at radius 1 is 1.03 bits per heavy atom. The van der Waals surface area contributed by atoms with Gasteiger partial charge in [0.1, 0.15) is 17.3 Å². The van der Waals surface area contributed by atoms with Gasteiger partial charge in [0.25, 0.3) is 5.91 Å². The summed E-state index contributed by atoms with van der Waals surface area (Å²) in [6, 6.07) is 18.2. The van der Waals surface area contributed by atoms with Crippen LogP contribution in [0.3, 0.4) is 0 Å². The molecule has 0 atom stereocenters. The lowest BCUT2D eigenvalue weighted by Crippen LogP contribution is -2.30. The van der Waals surface area contributed by atoms with E-state index in [1.807, 2.05) is 0 Å². The third kappa shape index (κ3) is 4.41. The van der Waals surface area contributed by atoms with Gasteiger partial charge in [-0.2, -0.15) is 0 Å². The number of hydrogen-bond donors (Lipinski definition) is 0. The van der Waals surface area contributed by atoms with Crippen molar-refractivity contribution in [1.29, 1.82) is 0 Å². The highest BCUT2D eigenvalue weighted by atomic mass is 19.1. The summed E-state index contributed by atoms with van der Waals surface area (Å²) in [6.07, 6.45) is 1.55. The molecule has 0 N–H and O–H groups in total. The molecule has 2 aromatic heterocycles. The molecule has 0 unspecified atom stereocenters. The van der Waals surface area contributed by atoms with Crippen molar-refractivity contribution in [3.8, 4) is 17.3 Å². The number of aromatic nitrogens is 1. The number of carbonyl (C=O) groups is 1. The highest BCUT2D eigenvalue weighted by molar-refractivity contribution is 5.94. The lowest BCUT2D eigenvalue weighted by Gasteiger charge is -2.22. The predicted molar refractivity (Wildman–Crippen MR) is 107 cm³/mol. The predicted octanol–water partition coefficient (Wildman–Crippen LogP) is 4.92. The molecule has 0 saturated carbocycles. The Labute approximate surface area is 172 Å². The van der Waals surface area contributed by atoms with E-state index >= 15 is 0 Å². The van der Waals surface area contributed by atoms with Gasteiger partial charge < -0.3 is 18.6 Å². The van der Waals surface area contributed by atoms with E-state index in [1.54, 1.807) is 72.9 Å². The largest absolute Gasteiger partial charge is 0.497 e. The number of hydrogen-bond acceptors (Lipinski definition) is 5. The van der Waals surface area contributed by atoms with E-state index < -0.39 is 0 Å². The van der Waals surface area contributed by atoms with Crippen LogP contribution in [0, 0.1) is 5.82 Å². The molecular weight excluding hydrogens is 387 g/mol. The fourth-order valence-electron chi connectivity index (χ4n) is 3.07. The molecule has 0 fully saturated rings. The lowest BCUT2D eigenvalue weighted by atomic mass is 10.1. The molecule has 0 aliphatic heterocycles. The number of rotatable bonds is 7. The number of nitrogens with zero attached hydrogens (tertiary/aromatic N) is 2. The smallest absolute Gasteiger partial charge is 0.254 e. The molecule has 30 heavy (non-hydrogen) atoms. The molecule has 4 rings (SSSR count). The molecule has 1 amide bonds. The standard InChI is InChI=1S/C23H19FN2O4/c1-28-20-5-2-4-17(12-20)23(27)26(14-16-7-9-18(24)10-8-16)15-19-13-22(30-25-19)21-6-3-11-29-21/h2-13H,14-15H2,1H3. The molecule has 2 aromatic carbocycles. The summed E-state index contributed by atoms with van der Waals surface area (Å²) in [7, 11) is 1.55. The first kappa shape index (κ1) is 19.4. The third-order valence-electron chi connectivity index (χ3n) is 4.57. The van der Waals surface area contributed by atoms with Gasteiger partial charge in [0.15, 0.2) is 5.76 Å². The Morgan fingerprint density at radius 3 is 2.60 bits per heavy atom. The zero-order chi connectivity index (χ0) is 20.9. The number of ether oxygens (including phenoxy) is 1. The van der Waals surface area contributed by atoms with Crippen molar-refractivity contribution >= 4 is 5.91 Å². The van der Waals surface area contributed by atoms with Crippen LogP contribution in [0.1, 0.15) is 21.6 Å². The molecular formula is C23H19FN2O4. The SMILES string of the molecule is COc1cccc(C(=O)N(Cc2ccc(F)cc2)Cc2cc(-c3ccco3)on2)c1. The fourth-order valence-corrected chi connectivity index (χ4v) is 3.07. The zero-order valence-corrected chi connectivity index (χ0v) is 16.2. The van der Waals surface area contributed by atoms with Crippen molar-refractivity contribution in [2.24, 2.45) is 0 Å². The van der Waals surface area contributed by atoms with E-state index in [2.05, 4.69) is 5.16 Å². The van der Waals surface area contributed by atoms with E-state index in [4.69, 9.17) is 13.7 Å². The first-order chi connectivity index (χ1) is 14.6. The quantitative estimate of drug-likeness (QED) is 0.436. The van der Waals surface area contributed by atoms with Gasteiger partial charge in [0.05, 0.1) is 19.9 Å². The molecule has 2 heterocycles. The Hall–Kier alpha value is -3.87. The first-order valence-electron chi connectivity index (χ1n) is 9.29. The van der Waals surface area contributed by atoms with Crippen molar-refractivity contribution in [1.82, 2.24) is 10.1 Å². The van der Waals surface area contributed by atoms with Gasteiger partial charge in [-0.05, 0) is 48.0 Å². The summed E-state index contributed by atoms with van der Waals surface area (Å²) < 4.78 is 29.2. The topological polar surface area (TPSA) is 68.7 Å². The van der Waals surface area contributed by atoms with Crippen molar-refractivity contribution in [3.05, 3.63) is 95.6 Å². The van der Waals surface area contributed by atoms with Gasteiger partial charge in [-0.3, -0.25) is 4.79 Å². The van der Waals surface area contributed by atoms with Crippen molar-refractivity contribution in [2.45, 2.75) is 13.1 Å². The highest BCUT2D eigenvalue weighted by Crippen LogP contribution is 2.23. The van der Waals surface area contributed by atoms with Gasteiger partial charge in [0.2, 0.25) is 5.76 Å². The van der Waals surface area contributed by atoms with Crippen LogP contribution in [0.2, 0.25) is 0 Å². The van der Waals surface area contributed by atoms with Crippen LogP contribution in [-0.4, -0.2) is 23.1 Å². The monoisotopic (exact) mass is 406 g/mol. The normalized spacial score (nSPS) is 10.7. The summed E-state index contributed by atoms with van der Waals surface area (Å²) in [5, 5.41) is 4.06. The molecule has 0 bridgehead atoms. The molecule has 0 radical (unpaired) electrons. The van der Waals surface area contributed by atoms with Gasteiger partial charge in [-0.1, -0.05) is 23.4 Å². The number of benzene rings is 2. The molecule has 7 heteroatoms. The maximum absolute atomic E-state index is 13.3. The second-order valence-corrected chi connectivity index (χ2v) is 6.68. The molecule has 4 aromatic rings. The Morgan fingerprint density at radius 2 is 1.87 bits per heavy atom. The van der Waals surface area contributed by atoms with E-state index in [1.165, 1.54) is 12.1 Å². The zero-order valence-electron chi connectivity index (χ0n) is 16.2. The van der Waals surface area contributed by atoms with Crippen LogP contribution < -0.4 is 4.74 Å². The van der Waals surface area contributed by atoms with Crippen molar-refractivity contribution < 1.29 is 22.9 Å². The molecule has 0 aliphatic carbocycles. The van der Waals surface area contributed by atoms with Crippen LogP contribution in [0.25, 0.3) is 11.5 Å². The minimum absolute atomic E-state index is 0.206. The van der Waals surface area contributed by atoms with Crippen LogP contribution in [-0.2, 0) is 13.1 Å². The van der Waals surface area contributed by atoms with Crippen LogP contribution in [0.15, 0.2) is 81.9 Å². The van der Waals surface area contributed by atoms with E-state index in [0.717, 1.165) is 5.56 Å². The Kier molecular flexibility index (Phi) is 5.61. The number of carbonyl (C=O) groups excluding carboxylic acids is 1. The fraction of sp³-hybridized carbons (Fsp3) is 0.130. The number of methoxy groups -OCH3 is 1. The van der Waals surface area contributed by atoms with Gasteiger partial charge >= 0.3 is 0 Å². The van der Waals surface area contributed by atoms with Crippen LogP contribution in [0.5, 0.6) is 5.75 Å². The molecule has 6 nitrogen and oxygen atoms in total. The van der Waals surface area contributed by atoms with Crippen molar-refractivity contribution in [2.75, 3.05) is 7.11 Å². The summed E-state index contributed by atoms with van der Waals surface area (Å²) in [5.74, 6) is 1.08. The van der Waals surface area contributed by atoms with Crippen LogP contribution in [0.4, 0.5) is 4.39 Å². The molecule has 0 spiro atoms. The minimum atomic E-state index is -0.330. The maximum Gasteiger partial charge on any atom is 0.254 e. The van der Waals surface area contributed by atoms with Crippen LogP contribution >= 0.6 is 0 Å². The summed E-state index contributed by atoms with van der Waals surface area (Å²) in [4.78, 5) is 14.9. The molecule has 0 saturated heterocycles. The number of halogens is 1. The van der Waals surface area contributed by atoms with Gasteiger partial charge in [-0.25, -0.2) is 4.39 Å². The highest BCUT2D eigenvalue weighted by Gasteiger charge is 2.20. The summed E-state index contributed by atoms with van der Waals surface area (Å²) in [6.45, 7) is 0.483. The lowest BCUT2D eigenvalue weighted by molar-refractivity contribution is 0.0726. The third-order valence-corrected chi connectivity index (χ3v) is 4.57.